The number of alkyl carbamates (subject to hydrolysis) is 1. The molecule has 3 aliphatic rings. The van der Waals surface area contributed by atoms with Crippen LogP contribution < -0.4 is 5.32 Å². The summed E-state index contributed by atoms with van der Waals surface area (Å²) >= 11 is 0. The van der Waals surface area contributed by atoms with Gasteiger partial charge in [-0.2, -0.15) is 4.99 Å². The summed E-state index contributed by atoms with van der Waals surface area (Å²) in [5.74, 6) is 0.245. The smallest absolute Gasteiger partial charge is 0.432 e. The fourth-order valence-corrected chi connectivity index (χ4v) is 8.28. The number of benzene rings is 2. The van der Waals surface area contributed by atoms with Crippen molar-refractivity contribution in [2.24, 2.45) is 16.8 Å². The van der Waals surface area contributed by atoms with E-state index in [-0.39, 0.29) is 29.8 Å². The molecule has 1 unspecified atom stereocenters. The van der Waals surface area contributed by atoms with Gasteiger partial charge in [0, 0.05) is 26.4 Å². The van der Waals surface area contributed by atoms with E-state index in [9.17, 15) is 19.2 Å². The molecular weight excluding hydrogens is 729 g/mol. The van der Waals surface area contributed by atoms with Gasteiger partial charge in [0.05, 0.1) is 62.1 Å². The quantitative estimate of drug-likeness (QED) is 0.131. The third-order valence-corrected chi connectivity index (χ3v) is 11.5. The van der Waals surface area contributed by atoms with E-state index < -0.39 is 30.3 Å². The lowest BCUT2D eigenvalue weighted by atomic mass is 10.0. The van der Waals surface area contributed by atoms with Crippen LogP contribution in [-0.2, 0) is 30.2 Å². The van der Waals surface area contributed by atoms with Crippen molar-refractivity contribution in [3.05, 3.63) is 71.6 Å². The van der Waals surface area contributed by atoms with Gasteiger partial charge in [-0.05, 0) is 90.5 Å². The molecule has 0 radical (unpaired) electrons. The van der Waals surface area contributed by atoms with Crippen LogP contribution in [0.25, 0.3) is 33.6 Å². The number of carbonyl (C=O) groups excluding carboxylic acids is 4. The Kier molecular flexibility index (Phi) is 11.6. The molecule has 2 fully saturated rings. The first-order valence-electron chi connectivity index (χ1n) is 19.5. The number of imidazole rings is 2. The highest BCUT2D eigenvalue weighted by atomic mass is 16.5. The van der Waals surface area contributed by atoms with Crippen molar-refractivity contribution in [3.8, 4) is 33.6 Å². The molecule has 4 aromatic rings. The maximum atomic E-state index is 13.8. The number of methoxy groups -OCH3 is 3. The Labute approximate surface area is 331 Å². The van der Waals surface area contributed by atoms with E-state index in [2.05, 4.69) is 61.4 Å². The number of likely N-dealkylation sites (tertiary alicyclic amines) is 2. The number of rotatable bonds is 11. The Bertz CT molecular complexity index is 2180. The second-order valence-corrected chi connectivity index (χ2v) is 15.2. The van der Waals surface area contributed by atoms with Gasteiger partial charge in [0.25, 0.3) is 0 Å². The minimum absolute atomic E-state index is 0.110. The van der Waals surface area contributed by atoms with Crippen molar-refractivity contribution in [1.82, 2.24) is 35.1 Å². The molecule has 5 atom stereocenters. The molecule has 2 saturated heterocycles. The van der Waals surface area contributed by atoms with E-state index in [0.29, 0.717) is 18.9 Å². The van der Waals surface area contributed by atoms with Crippen molar-refractivity contribution in [3.63, 3.8) is 0 Å². The maximum absolute atomic E-state index is 13.8. The molecule has 57 heavy (non-hydrogen) atoms. The number of hydrogen-bond acceptors (Lipinski definition) is 9. The Morgan fingerprint density at radius 3 is 1.84 bits per heavy atom. The number of H-pyrrole nitrogens is 2. The Balaban J connectivity index is 1.05. The molecule has 1 aliphatic carbocycles. The Hall–Kier alpha value is -5.83. The van der Waals surface area contributed by atoms with Gasteiger partial charge in [-0.3, -0.25) is 9.59 Å². The van der Waals surface area contributed by atoms with Crippen LogP contribution in [0.4, 0.5) is 9.59 Å². The second-order valence-electron chi connectivity index (χ2n) is 15.2. The van der Waals surface area contributed by atoms with Gasteiger partial charge in [0.2, 0.25) is 11.8 Å². The fourth-order valence-electron chi connectivity index (χ4n) is 8.28. The molecular formula is C42H50N8O7. The number of ether oxygens (including phenoxy) is 3. The number of aromatic amines is 2. The number of nitrogens with zero attached hydrogens (tertiary/aromatic N) is 5. The number of amides is 4. The molecule has 3 N–H and O–H groups in total. The minimum atomic E-state index is -0.773. The Morgan fingerprint density at radius 1 is 0.807 bits per heavy atom. The minimum Gasteiger partial charge on any atom is -0.453 e. The highest BCUT2D eigenvalue weighted by Gasteiger charge is 2.39. The molecule has 7 rings (SSSR count). The summed E-state index contributed by atoms with van der Waals surface area (Å²) < 4.78 is 14.9. The molecule has 0 bridgehead atoms. The van der Waals surface area contributed by atoms with Crippen molar-refractivity contribution < 1.29 is 33.4 Å². The van der Waals surface area contributed by atoms with Gasteiger partial charge >= 0.3 is 12.2 Å². The van der Waals surface area contributed by atoms with Gasteiger partial charge < -0.3 is 39.3 Å². The van der Waals surface area contributed by atoms with E-state index in [1.165, 1.54) is 49.8 Å². The molecule has 15 heteroatoms. The van der Waals surface area contributed by atoms with Crippen LogP contribution >= 0.6 is 0 Å². The highest BCUT2D eigenvalue weighted by Crippen LogP contribution is 2.41. The lowest BCUT2D eigenvalue weighted by Gasteiger charge is -2.30. The predicted molar refractivity (Wildman–Crippen MR) is 212 cm³/mol. The Morgan fingerprint density at radius 2 is 1.35 bits per heavy atom. The number of fused-ring (bicyclic) bond motifs is 3. The summed E-state index contributed by atoms with van der Waals surface area (Å²) in [4.78, 5) is 74.9. The molecule has 300 valence electrons. The third kappa shape index (κ3) is 7.93. The molecule has 2 aliphatic heterocycles. The summed E-state index contributed by atoms with van der Waals surface area (Å²) in [7, 11) is 4.05. The largest absolute Gasteiger partial charge is 0.453 e. The van der Waals surface area contributed by atoms with Crippen molar-refractivity contribution in [2.45, 2.75) is 77.1 Å². The zero-order valence-corrected chi connectivity index (χ0v) is 33.2. The number of aliphatic imine (C=N–C) groups is 1. The standard InChI is InChI=1S/C42H50N8O7/c1-23(2)36(48-42(54)57-6)40(52)50-16-8-10-35(50)38-44-22-33(47-38)26-12-14-30-28(18-26)19-27-17-25(11-13-29(27)30)32-21-43-37(46-32)34-9-7-15-49(34)39(51)31(24(3)55-4)20-45-41(53)56-5/h11-14,17-18,20-24,31,34-36H,7-10,15-16,19H2,1-6H3,(H,43,46)(H,44,47)(H,48,54)/t24-,31?,34+,35+,36+/m1/s1. The fraction of sp³-hybridized carbons (Fsp3) is 0.452. The van der Waals surface area contributed by atoms with Crippen LogP contribution in [0.1, 0.15) is 81.3 Å². The molecule has 15 nitrogen and oxygen atoms in total. The van der Waals surface area contributed by atoms with Crippen LogP contribution in [-0.4, -0.2) is 107 Å². The van der Waals surface area contributed by atoms with Gasteiger partial charge in [-0.25, -0.2) is 19.6 Å². The lowest BCUT2D eigenvalue weighted by molar-refractivity contribution is -0.137. The summed E-state index contributed by atoms with van der Waals surface area (Å²) in [6, 6.07) is 11.7. The number of aromatic nitrogens is 4. The summed E-state index contributed by atoms with van der Waals surface area (Å²) in [5, 5.41) is 2.70. The zero-order valence-electron chi connectivity index (χ0n) is 33.2. The number of hydrogen-bond donors (Lipinski definition) is 3. The molecule has 4 heterocycles. The summed E-state index contributed by atoms with van der Waals surface area (Å²) in [6.07, 6.45) is 7.03. The predicted octanol–water partition coefficient (Wildman–Crippen LogP) is 6.23. The lowest BCUT2D eigenvalue weighted by Crippen LogP contribution is -2.51. The van der Waals surface area contributed by atoms with Crippen molar-refractivity contribution in [1.29, 1.82) is 0 Å². The van der Waals surface area contributed by atoms with Gasteiger partial charge in [0.1, 0.15) is 17.7 Å². The normalized spacial score (nSPS) is 19.1. The molecule has 2 aromatic heterocycles. The SMILES string of the molecule is COC(=O)N=CC(C(=O)N1CCC[C@H]1c1ncc(-c2ccc3c(c2)Cc2cc(-c4cnc([C@@H]5CCCN5C(=O)[C@@H](NC(=O)OC)C(C)C)[nH]4)ccc2-3)[nH]1)[C@@H](C)OC. The maximum Gasteiger partial charge on any atom is 0.432 e. The van der Waals surface area contributed by atoms with E-state index >= 15 is 0 Å². The van der Waals surface area contributed by atoms with Crippen LogP contribution in [0.15, 0.2) is 53.8 Å². The van der Waals surface area contributed by atoms with Crippen LogP contribution in [0.3, 0.4) is 0 Å². The first kappa shape index (κ1) is 39.4. The summed E-state index contributed by atoms with van der Waals surface area (Å²) in [6.45, 7) is 6.73. The van der Waals surface area contributed by atoms with Crippen molar-refractivity contribution in [2.75, 3.05) is 34.4 Å². The number of carbonyl (C=O) groups is 4. The average molecular weight is 779 g/mol. The third-order valence-electron chi connectivity index (χ3n) is 11.5. The monoisotopic (exact) mass is 778 g/mol. The van der Waals surface area contributed by atoms with E-state index in [1.54, 1.807) is 11.8 Å². The van der Waals surface area contributed by atoms with Crippen LogP contribution in [0.2, 0.25) is 0 Å². The number of nitrogens with one attached hydrogen (secondary N) is 3. The molecule has 0 saturated carbocycles. The van der Waals surface area contributed by atoms with Crippen molar-refractivity contribution >= 4 is 30.2 Å². The van der Waals surface area contributed by atoms with E-state index in [4.69, 9.17) is 19.4 Å². The molecule has 4 amide bonds. The van der Waals surface area contributed by atoms with Crippen LogP contribution in [0.5, 0.6) is 0 Å². The first-order chi connectivity index (χ1) is 27.5. The highest BCUT2D eigenvalue weighted by molar-refractivity contribution is 5.97. The second kappa shape index (κ2) is 16.7. The zero-order chi connectivity index (χ0) is 40.4. The van der Waals surface area contributed by atoms with Gasteiger partial charge in [0.15, 0.2) is 0 Å². The van der Waals surface area contributed by atoms with Gasteiger partial charge in [-0.15, -0.1) is 0 Å². The molecule has 0 spiro atoms. The first-order valence-corrected chi connectivity index (χ1v) is 19.5. The van der Waals surface area contributed by atoms with E-state index in [0.717, 1.165) is 60.4 Å². The van der Waals surface area contributed by atoms with Crippen LogP contribution in [0, 0.1) is 11.8 Å². The van der Waals surface area contributed by atoms with E-state index in [1.807, 2.05) is 31.1 Å². The topological polar surface area (TPSA) is 184 Å². The van der Waals surface area contributed by atoms with Gasteiger partial charge in [-0.1, -0.05) is 38.1 Å². The average Bonchev–Trinajstić information content (AvgIpc) is 4.07. The molecule has 2 aromatic carbocycles. The summed E-state index contributed by atoms with van der Waals surface area (Å²) in [5.41, 5.74) is 8.54.